The van der Waals surface area contributed by atoms with E-state index in [4.69, 9.17) is 4.74 Å². The van der Waals surface area contributed by atoms with Gasteiger partial charge < -0.3 is 9.84 Å². The van der Waals surface area contributed by atoms with Gasteiger partial charge >= 0.3 is 0 Å². The molecule has 0 radical (unpaired) electrons. The fraction of sp³-hybridized carbons (Fsp3) is 0.692. The molecular formula is C26H41NO4. The van der Waals surface area contributed by atoms with Crippen LogP contribution < -0.4 is 4.74 Å². The quantitative estimate of drug-likeness (QED) is 0.211. The molecule has 0 spiro atoms. The summed E-state index contributed by atoms with van der Waals surface area (Å²) in [5, 5.41) is 21.4. The fourth-order valence-corrected chi connectivity index (χ4v) is 4.56. The second-order valence-electron chi connectivity index (χ2n) is 9.45. The largest absolute Gasteiger partial charge is 0.507 e. The summed E-state index contributed by atoms with van der Waals surface area (Å²) in [7, 11) is 0. The third-order valence-corrected chi connectivity index (χ3v) is 6.88. The lowest BCUT2D eigenvalue weighted by molar-refractivity contribution is -0.428. The number of rotatable bonds is 12. The first-order valence-corrected chi connectivity index (χ1v) is 12.0. The molecule has 1 aromatic carbocycles. The van der Waals surface area contributed by atoms with Crippen molar-refractivity contribution in [2.24, 2.45) is 0 Å². The highest BCUT2D eigenvalue weighted by molar-refractivity contribution is 5.58. The van der Waals surface area contributed by atoms with Gasteiger partial charge in [-0.1, -0.05) is 39.0 Å². The second-order valence-corrected chi connectivity index (χ2v) is 9.45. The molecule has 0 saturated heterocycles. The zero-order valence-electron chi connectivity index (χ0n) is 20.2. The SMILES string of the molecule is CCCC=C(CCCCCCCCC1(C)CCc2c(C)c(O)c(C)c(C)c2O1)[N+](=O)[O-]. The normalized spacial score (nSPS) is 18.5. The molecule has 5 heteroatoms. The minimum absolute atomic E-state index is 0.141. The van der Waals surface area contributed by atoms with Crippen molar-refractivity contribution in [1.29, 1.82) is 0 Å². The summed E-state index contributed by atoms with van der Waals surface area (Å²) < 4.78 is 6.51. The average molecular weight is 432 g/mol. The third-order valence-electron chi connectivity index (χ3n) is 6.88. The number of allylic oxidation sites excluding steroid dienone is 2. The van der Waals surface area contributed by atoms with Crippen molar-refractivity contribution in [2.75, 3.05) is 0 Å². The summed E-state index contributed by atoms with van der Waals surface area (Å²) >= 11 is 0. The maximum absolute atomic E-state index is 11.1. The number of fused-ring (bicyclic) bond motifs is 1. The van der Waals surface area contributed by atoms with Crippen molar-refractivity contribution >= 4 is 0 Å². The van der Waals surface area contributed by atoms with Crippen LogP contribution in [0.1, 0.15) is 107 Å². The molecule has 0 fully saturated rings. The van der Waals surface area contributed by atoms with Gasteiger partial charge in [0.1, 0.15) is 17.1 Å². The predicted octanol–water partition coefficient (Wildman–Crippen LogP) is 7.48. The summed E-state index contributed by atoms with van der Waals surface area (Å²) in [4.78, 5) is 10.8. The van der Waals surface area contributed by atoms with Crippen LogP contribution in [0.15, 0.2) is 11.8 Å². The van der Waals surface area contributed by atoms with Crippen molar-refractivity contribution < 1.29 is 14.8 Å². The lowest BCUT2D eigenvalue weighted by Gasteiger charge is -2.38. The Balaban J connectivity index is 1.72. The molecule has 1 atom stereocenters. The number of aromatic hydroxyl groups is 1. The van der Waals surface area contributed by atoms with Crippen molar-refractivity contribution in [3.63, 3.8) is 0 Å². The fourth-order valence-electron chi connectivity index (χ4n) is 4.56. The van der Waals surface area contributed by atoms with Crippen LogP contribution in [0.5, 0.6) is 11.5 Å². The minimum Gasteiger partial charge on any atom is -0.507 e. The molecule has 0 amide bonds. The zero-order valence-corrected chi connectivity index (χ0v) is 20.2. The molecular weight excluding hydrogens is 390 g/mol. The molecule has 1 aliphatic rings. The Labute approximate surface area is 188 Å². The van der Waals surface area contributed by atoms with Crippen LogP contribution in [0.25, 0.3) is 0 Å². The van der Waals surface area contributed by atoms with Crippen molar-refractivity contribution in [2.45, 2.75) is 117 Å². The molecule has 1 aromatic rings. The van der Waals surface area contributed by atoms with E-state index in [1.54, 1.807) is 6.08 Å². The van der Waals surface area contributed by atoms with Gasteiger partial charge in [0.2, 0.25) is 5.70 Å². The Morgan fingerprint density at radius 1 is 1.10 bits per heavy atom. The summed E-state index contributed by atoms with van der Waals surface area (Å²) in [6, 6.07) is 0. The average Bonchev–Trinajstić information content (AvgIpc) is 2.74. The smallest absolute Gasteiger partial charge is 0.242 e. The minimum atomic E-state index is -0.218. The molecule has 1 heterocycles. The number of phenolic OH excluding ortho intramolecular Hbond substituents is 1. The van der Waals surface area contributed by atoms with Crippen LogP contribution in [-0.4, -0.2) is 15.6 Å². The molecule has 0 aliphatic carbocycles. The summed E-state index contributed by atoms with van der Waals surface area (Å²) in [5.41, 5.74) is 4.36. The second kappa shape index (κ2) is 11.5. The van der Waals surface area contributed by atoms with E-state index in [9.17, 15) is 15.2 Å². The number of benzene rings is 1. The maximum Gasteiger partial charge on any atom is 0.242 e. The van der Waals surface area contributed by atoms with E-state index in [2.05, 4.69) is 6.92 Å². The van der Waals surface area contributed by atoms with Crippen molar-refractivity contribution in [1.82, 2.24) is 0 Å². The Hall–Kier alpha value is -2.04. The summed E-state index contributed by atoms with van der Waals surface area (Å²) in [6.45, 7) is 10.2. The molecule has 1 unspecified atom stereocenters. The van der Waals surface area contributed by atoms with E-state index in [1.165, 1.54) is 18.4 Å². The number of ether oxygens (including phenoxy) is 1. The van der Waals surface area contributed by atoms with Gasteiger partial charge in [0.05, 0.1) is 4.92 Å². The number of hydrogen-bond acceptors (Lipinski definition) is 4. The van der Waals surface area contributed by atoms with Gasteiger partial charge in [-0.15, -0.1) is 0 Å². The number of nitrogens with zero attached hydrogens (tertiary/aromatic N) is 1. The maximum atomic E-state index is 11.1. The Morgan fingerprint density at radius 3 is 2.39 bits per heavy atom. The van der Waals surface area contributed by atoms with E-state index >= 15 is 0 Å². The first kappa shape index (κ1) is 25.2. The Bertz CT molecular complexity index is 799. The molecule has 5 nitrogen and oxygen atoms in total. The van der Waals surface area contributed by atoms with Crippen LogP contribution in [0.3, 0.4) is 0 Å². The predicted molar refractivity (Wildman–Crippen MR) is 127 cm³/mol. The van der Waals surface area contributed by atoms with Crippen molar-refractivity contribution in [3.05, 3.63) is 44.1 Å². The molecule has 2 rings (SSSR count). The van der Waals surface area contributed by atoms with Gasteiger partial charge in [0.15, 0.2) is 0 Å². The van der Waals surface area contributed by atoms with Crippen LogP contribution in [-0.2, 0) is 6.42 Å². The van der Waals surface area contributed by atoms with Crippen LogP contribution in [0, 0.1) is 30.9 Å². The van der Waals surface area contributed by atoms with Gasteiger partial charge in [-0.2, -0.15) is 0 Å². The lowest BCUT2D eigenvalue weighted by atomic mass is 9.84. The number of unbranched alkanes of at least 4 members (excludes halogenated alkanes) is 6. The van der Waals surface area contributed by atoms with Crippen LogP contribution in [0.2, 0.25) is 0 Å². The first-order valence-electron chi connectivity index (χ1n) is 12.0. The summed E-state index contributed by atoms with van der Waals surface area (Å²) in [5.74, 6) is 1.40. The highest BCUT2D eigenvalue weighted by atomic mass is 16.6. The van der Waals surface area contributed by atoms with E-state index in [0.717, 1.165) is 80.2 Å². The monoisotopic (exact) mass is 431 g/mol. The van der Waals surface area contributed by atoms with Gasteiger partial charge in [-0.25, -0.2) is 0 Å². The highest BCUT2D eigenvalue weighted by Gasteiger charge is 2.34. The molecule has 0 bridgehead atoms. The Morgan fingerprint density at radius 2 is 1.74 bits per heavy atom. The van der Waals surface area contributed by atoms with Crippen molar-refractivity contribution in [3.8, 4) is 11.5 Å². The molecule has 174 valence electrons. The van der Waals surface area contributed by atoms with Crippen LogP contribution in [0.4, 0.5) is 0 Å². The van der Waals surface area contributed by atoms with E-state index in [-0.39, 0.29) is 10.5 Å². The summed E-state index contributed by atoms with van der Waals surface area (Å²) in [6.07, 6.45) is 13.7. The topological polar surface area (TPSA) is 72.6 Å². The number of hydrogen-bond donors (Lipinski definition) is 1. The van der Waals surface area contributed by atoms with Gasteiger partial charge in [0, 0.05) is 12.0 Å². The van der Waals surface area contributed by atoms with Gasteiger partial charge in [-0.3, -0.25) is 10.1 Å². The van der Waals surface area contributed by atoms with E-state index in [0.29, 0.717) is 17.9 Å². The van der Waals surface area contributed by atoms with Crippen LogP contribution >= 0.6 is 0 Å². The van der Waals surface area contributed by atoms with E-state index in [1.807, 2.05) is 27.7 Å². The molecule has 0 saturated carbocycles. The molecule has 1 aliphatic heterocycles. The Kier molecular flexibility index (Phi) is 9.39. The van der Waals surface area contributed by atoms with Gasteiger partial charge in [0.25, 0.3) is 0 Å². The molecule has 1 N–H and O–H groups in total. The standard InChI is InChI=1S/C26H41NO4/c1-6-7-14-22(27(29)30)15-12-10-8-9-11-13-17-26(5)18-16-23-21(4)24(28)19(2)20(3)25(23)31-26/h14,28H,6-13,15-18H2,1-5H3. The third kappa shape index (κ3) is 6.72. The highest BCUT2D eigenvalue weighted by Crippen LogP contribution is 2.44. The van der Waals surface area contributed by atoms with E-state index < -0.39 is 0 Å². The first-order chi connectivity index (χ1) is 14.7. The number of nitro groups is 1. The molecule has 0 aromatic heterocycles. The lowest BCUT2D eigenvalue weighted by Crippen LogP contribution is -2.37. The van der Waals surface area contributed by atoms with Gasteiger partial charge in [-0.05, 0) is 89.0 Å². The number of phenols is 1. The zero-order chi connectivity index (χ0) is 23.0. The molecule has 31 heavy (non-hydrogen) atoms.